The number of rotatable bonds is 6. The molecule has 0 saturated carbocycles. The zero-order valence-corrected chi connectivity index (χ0v) is 14.8. The number of benzene rings is 1. The molecule has 7 nitrogen and oxygen atoms in total. The zero-order valence-electron chi connectivity index (χ0n) is 14.8. The average Bonchev–Trinajstić information content (AvgIpc) is 3.07. The quantitative estimate of drug-likeness (QED) is 0.799. The fourth-order valence-electron chi connectivity index (χ4n) is 2.99. The van der Waals surface area contributed by atoms with E-state index in [0.29, 0.717) is 36.7 Å². The van der Waals surface area contributed by atoms with E-state index in [2.05, 4.69) is 10.3 Å². The summed E-state index contributed by atoms with van der Waals surface area (Å²) >= 11 is 0. The Hall–Kier alpha value is -3.09. The summed E-state index contributed by atoms with van der Waals surface area (Å²) in [6.45, 7) is 0.839. The second-order valence-corrected chi connectivity index (χ2v) is 5.95. The minimum Gasteiger partial charge on any atom is -0.493 e. The maximum absolute atomic E-state index is 12.7. The minimum atomic E-state index is -0.681. The van der Waals surface area contributed by atoms with E-state index in [1.165, 1.54) is 0 Å². The first kappa shape index (κ1) is 17.7. The van der Waals surface area contributed by atoms with E-state index in [1.54, 1.807) is 55.8 Å². The molecule has 0 radical (unpaired) electrons. The Morgan fingerprint density at radius 2 is 2.08 bits per heavy atom. The van der Waals surface area contributed by atoms with Crippen molar-refractivity contribution in [2.75, 3.05) is 25.7 Å². The molecule has 2 aromatic rings. The lowest BCUT2D eigenvalue weighted by Crippen LogP contribution is -2.36. The second kappa shape index (κ2) is 7.86. The maximum atomic E-state index is 12.7. The molecule has 7 heteroatoms. The molecule has 1 aliphatic heterocycles. The van der Waals surface area contributed by atoms with Crippen molar-refractivity contribution in [2.24, 2.45) is 5.92 Å². The zero-order chi connectivity index (χ0) is 18.5. The lowest BCUT2D eigenvalue weighted by Gasteiger charge is -2.18. The van der Waals surface area contributed by atoms with Crippen LogP contribution >= 0.6 is 0 Å². The van der Waals surface area contributed by atoms with Gasteiger partial charge in [-0.1, -0.05) is 6.07 Å². The molecule has 1 fully saturated rings. The molecule has 1 saturated heterocycles. The summed E-state index contributed by atoms with van der Waals surface area (Å²) < 4.78 is 10.5. The van der Waals surface area contributed by atoms with Gasteiger partial charge in [0.05, 0.1) is 14.2 Å². The normalized spacial score (nSPS) is 16.5. The molecular formula is C19H21N3O4. The minimum absolute atomic E-state index is 0.207. The number of hydrogen-bond acceptors (Lipinski definition) is 5. The summed E-state index contributed by atoms with van der Waals surface area (Å²) in [7, 11) is 3.10. The van der Waals surface area contributed by atoms with Gasteiger partial charge in [-0.2, -0.15) is 0 Å². The largest absolute Gasteiger partial charge is 0.493 e. The van der Waals surface area contributed by atoms with Crippen LogP contribution in [-0.4, -0.2) is 37.6 Å². The molecule has 3 rings (SSSR count). The summed E-state index contributed by atoms with van der Waals surface area (Å²) in [6, 6.07) is 8.96. The lowest BCUT2D eigenvalue weighted by atomic mass is 10.1. The lowest BCUT2D eigenvalue weighted by molar-refractivity contribution is -0.132. The number of pyridine rings is 1. The van der Waals surface area contributed by atoms with Crippen molar-refractivity contribution in [3.05, 3.63) is 48.3 Å². The van der Waals surface area contributed by atoms with Gasteiger partial charge in [0.15, 0.2) is 11.5 Å². The van der Waals surface area contributed by atoms with Crippen molar-refractivity contribution in [1.29, 1.82) is 0 Å². The molecule has 0 bridgehead atoms. The number of ether oxygens (including phenoxy) is 2. The van der Waals surface area contributed by atoms with Crippen LogP contribution in [0.25, 0.3) is 0 Å². The second-order valence-electron chi connectivity index (χ2n) is 5.95. The highest BCUT2D eigenvalue weighted by Gasteiger charge is 2.37. The third-order valence-electron chi connectivity index (χ3n) is 4.39. The highest BCUT2D eigenvalue weighted by atomic mass is 16.5. The molecule has 1 atom stereocenters. The Bertz CT molecular complexity index is 795. The van der Waals surface area contributed by atoms with Gasteiger partial charge in [0.2, 0.25) is 11.8 Å². The fraction of sp³-hybridized carbons (Fsp3) is 0.316. The molecule has 1 aromatic carbocycles. The summed E-state index contributed by atoms with van der Waals surface area (Å²) in [4.78, 5) is 30.7. The molecule has 2 amide bonds. The number of hydrogen-bond donors (Lipinski definition) is 1. The van der Waals surface area contributed by atoms with Gasteiger partial charge in [-0.15, -0.1) is 0 Å². The number of carbonyl (C=O) groups is 2. The van der Waals surface area contributed by atoms with Crippen LogP contribution in [0.1, 0.15) is 12.0 Å². The van der Waals surface area contributed by atoms with Gasteiger partial charge >= 0.3 is 0 Å². The van der Waals surface area contributed by atoms with Crippen molar-refractivity contribution in [2.45, 2.75) is 13.0 Å². The van der Waals surface area contributed by atoms with Gasteiger partial charge < -0.3 is 19.7 Å². The predicted molar refractivity (Wildman–Crippen MR) is 96.1 cm³/mol. The van der Waals surface area contributed by atoms with Crippen molar-refractivity contribution in [3.63, 3.8) is 0 Å². The van der Waals surface area contributed by atoms with E-state index in [9.17, 15) is 9.59 Å². The SMILES string of the molecule is COc1ccc(N2CCC(C(=O)NCc3cccnc3)C2=O)cc1OC. The molecule has 0 spiro atoms. The highest BCUT2D eigenvalue weighted by Crippen LogP contribution is 2.34. The van der Waals surface area contributed by atoms with Crippen LogP contribution in [0.2, 0.25) is 0 Å². The number of methoxy groups -OCH3 is 2. The number of anilines is 1. The van der Waals surface area contributed by atoms with E-state index in [1.807, 2.05) is 6.07 Å². The van der Waals surface area contributed by atoms with E-state index >= 15 is 0 Å². The first-order chi connectivity index (χ1) is 12.6. The third-order valence-corrected chi connectivity index (χ3v) is 4.39. The van der Waals surface area contributed by atoms with Gasteiger partial charge in [0, 0.05) is 37.2 Å². The van der Waals surface area contributed by atoms with Crippen LogP contribution in [-0.2, 0) is 16.1 Å². The Kier molecular flexibility index (Phi) is 5.36. The Labute approximate surface area is 151 Å². The van der Waals surface area contributed by atoms with Crippen LogP contribution in [0, 0.1) is 5.92 Å². The smallest absolute Gasteiger partial charge is 0.239 e. The van der Waals surface area contributed by atoms with Gasteiger partial charge in [0.25, 0.3) is 0 Å². The van der Waals surface area contributed by atoms with Crippen LogP contribution in [0.15, 0.2) is 42.7 Å². The maximum Gasteiger partial charge on any atom is 0.239 e. The molecule has 26 heavy (non-hydrogen) atoms. The number of nitrogens with one attached hydrogen (secondary N) is 1. The van der Waals surface area contributed by atoms with Crippen LogP contribution in [0.4, 0.5) is 5.69 Å². The molecule has 1 aromatic heterocycles. The molecule has 136 valence electrons. The van der Waals surface area contributed by atoms with E-state index in [4.69, 9.17) is 9.47 Å². The van der Waals surface area contributed by atoms with Gasteiger partial charge in [-0.3, -0.25) is 14.6 Å². The van der Waals surface area contributed by atoms with E-state index in [0.717, 1.165) is 5.56 Å². The molecule has 1 N–H and O–H groups in total. The van der Waals surface area contributed by atoms with Crippen LogP contribution < -0.4 is 19.7 Å². The standard InChI is InChI=1S/C19H21N3O4/c1-25-16-6-5-14(10-17(16)26-2)22-9-7-15(19(22)24)18(23)21-12-13-4-3-8-20-11-13/h3-6,8,10-11,15H,7,9,12H2,1-2H3,(H,21,23). The van der Waals surface area contributed by atoms with E-state index < -0.39 is 5.92 Å². The summed E-state index contributed by atoms with van der Waals surface area (Å²) in [5, 5.41) is 2.81. The van der Waals surface area contributed by atoms with Crippen molar-refractivity contribution in [1.82, 2.24) is 10.3 Å². The third kappa shape index (κ3) is 3.61. The van der Waals surface area contributed by atoms with Crippen molar-refractivity contribution in [3.8, 4) is 11.5 Å². The number of aromatic nitrogens is 1. The highest BCUT2D eigenvalue weighted by molar-refractivity contribution is 6.09. The van der Waals surface area contributed by atoms with Gasteiger partial charge in [-0.05, 0) is 30.2 Å². The molecule has 2 heterocycles. The Balaban J connectivity index is 1.67. The van der Waals surface area contributed by atoms with Crippen LogP contribution in [0.5, 0.6) is 11.5 Å². The average molecular weight is 355 g/mol. The topological polar surface area (TPSA) is 80.8 Å². The number of amides is 2. The van der Waals surface area contributed by atoms with Gasteiger partial charge in [-0.25, -0.2) is 0 Å². The fourth-order valence-corrected chi connectivity index (χ4v) is 2.99. The number of nitrogens with zero attached hydrogens (tertiary/aromatic N) is 2. The summed E-state index contributed by atoms with van der Waals surface area (Å²) in [6.07, 6.45) is 3.84. The molecule has 1 aliphatic rings. The monoisotopic (exact) mass is 355 g/mol. The first-order valence-corrected chi connectivity index (χ1v) is 8.34. The van der Waals surface area contributed by atoms with Crippen LogP contribution in [0.3, 0.4) is 0 Å². The van der Waals surface area contributed by atoms with Crippen molar-refractivity contribution < 1.29 is 19.1 Å². The predicted octanol–water partition coefficient (Wildman–Crippen LogP) is 1.77. The molecular weight excluding hydrogens is 334 g/mol. The first-order valence-electron chi connectivity index (χ1n) is 8.34. The molecule has 0 aliphatic carbocycles. The summed E-state index contributed by atoms with van der Waals surface area (Å²) in [5.41, 5.74) is 1.58. The van der Waals surface area contributed by atoms with Gasteiger partial charge in [0.1, 0.15) is 5.92 Å². The summed E-state index contributed by atoms with van der Waals surface area (Å²) in [5.74, 6) is -0.0153. The Morgan fingerprint density at radius 3 is 2.77 bits per heavy atom. The number of carbonyl (C=O) groups excluding carboxylic acids is 2. The Morgan fingerprint density at radius 1 is 1.27 bits per heavy atom. The van der Waals surface area contributed by atoms with Crippen molar-refractivity contribution >= 4 is 17.5 Å². The molecule has 1 unspecified atom stereocenters. The van der Waals surface area contributed by atoms with E-state index in [-0.39, 0.29) is 11.8 Å².